The fraction of sp³-hybridized carbons (Fsp3) is 0.212. The monoisotopic (exact) mass is 660 g/mol. The maximum absolute atomic E-state index is 14.7. The average Bonchev–Trinajstić information content (AvgIpc) is 2.90. The molecule has 0 aliphatic rings. The van der Waals surface area contributed by atoms with Crippen molar-refractivity contribution in [2.24, 2.45) is 0 Å². The number of rotatable bonds is 8. The summed E-state index contributed by atoms with van der Waals surface area (Å²) in [4.78, 5) is 0. The van der Waals surface area contributed by atoms with Gasteiger partial charge < -0.3 is 4.74 Å². The summed E-state index contributed by atoms with van der Waals surface area (Å²) in [7, 11) is 0. The van der Waals surface area contributed by atoms with Crippen LogP contribution in [0.25, 0.3) is 11.1 Å². The van der Waals surface area contributed by atoms with Crippen LogP contribution in [0.2, 0.25) is 0 Å². The fourth-order valence-electron chi connectivity index (χ4n) is 4.54. The van der Waals surface area contributed by atoms with Gasteiger partial charge in [-0.2, -0.15) is 22.0 Å². The SMILES string of the molecule is CCCCCc1cc(F)c(C(F)(F)Oc2ccc(C#Cc3cc(F)c(-c4cc(F)c(C(F)(F)F)c(F)c4)c(F)c3)c(F)c2)c(F)c1. The summed E-state index contributed by atoms with van der Waals surface area (Å²) < 4.78 is 173. The molecular formula is C33H20F12O. The van der Waals surface area contributed by atoms with E-state index in [2.05, 4.69) is 16.6 Å². The molecule has 0 atom stereocenters. The average molecular weight is 660 g/mol. The molecule has 0 spiro atoms. The Bertz CT molecular complexity index is 1760. The van der Waals surface area contributed by atoms with Gasteiger partial charge in [-0.3, -0.25) is 0 Å². The van der Waals surface area contributed by atoms with Crippen molar-refractivity contribution in [2.45, 2.75) is 44.9 Å². The summed E-state index contributed by atoms with van der Waals surface area (Å²) in [5.74, 6) is -7.98. The van der Waals surface area contributed by atoms with Crippen molar-refractivity contribution in [2.75, 3.05) is 0 Å². The third kappa shape index (κ3) is 7.61. The van der Waals surface area contributed by atoms with E-state index >= 15 is 0 Å². The topological polar surface area (TPSA) is 9.23 Å². The van der Waals surface area contributed by atoms with E-state index in [1.165, 1.54) is 0 Å². The minimum Gasteiger partial charge on any atom is -0.429 e. The predicted octanol–water partition coefficient (Wildman–Crippen LogP) is 10.6. The third-order valence-electron chi connectivity index (χ3n) is 6.65. The van der Waals surface area contributed by atoms with Crippen LogP contribution in [0.5, 0.6) is 5.75 Å². The fourth-order valence-corrected chi connectivity index (χ4v) is 4.54. The Kier molecular flexibility index (Phi) is 9.99. The lowest BCUT2D eigenvalue weighted by Crippen LogP contribution is -2.25. The highest BCUT2D eigenvalue weighted by atomic mass is 19.4. The summed E-state index contributed by atoms with van der Waals surface area (Å²) in [6.07, 6.45) is -7.49. The van der Waals surface area contributed by atoms with E-state index in [9.17, 15) is 52.7 Å². The molecule has 1 nitrogen and oxygen atoms in total. The molecule has 0 bridgehead atoms. The van der Waals surface area contributed by atoms with Crippen LogP contribution in [-0.4, -0.2) is 0 Å². The molecule has 0 fully saturated rings. The molecule has 4 rings (SSSR count). The summed E-state index contributed by atoms with van der Waals surface area (Å²) in [6.45, 7) is 1.91. The van der Waals surface area contributed by atoms with Gasteiger partial charge in [0.15, 0.2) is 0 Å². The molecule has 0 amide bonds. The lowest BCUT2D eigenvalue weighted by Gasteiger charge is -2.20. The van der Waals surface area contributed by atoms with Crippen LogP contribution in [0.1, 0.15) is 54.0 Å². The van der Waals surface area contributed by atoms with Crippen molar-refractivity contribution >= 4 is 0 Å². The molecule has 0 saturated carbocycles. The smallest absolute Gasteiger partial charge is 0.429 e. The Morgan fingerprint density at radius 3 is 1.70 bits per heavy atom. The molecule has 0 aliphatic heterocycles. The molecule has 0 saturated heterocycles. The van der Waals surface area contributed by atoms with Crippen LogP contribution in [0.15, 0.2) is 54.6 Å². The van der Waals surface area contributed by atoms with Crippen molar-refractivity contribution in [1.29, 1.82) is 0 Å². The maximum atomic E-state index is 14.7. The Morgan fingerprint density at radius 2 is 1.17 bits per heavy atom. The molecule has 13 heteroatoms. The Labute approximate surface area is 254 Å². The maximum Gasteiger partial charge on any atom is 0.432 e. The zero-order chi connectivity index (χ0) is 34.0. The van der Waals surface area contributed by atoms with Gasteiger partial charge in [-0.1, -0.05) is 31.6 Å². The second-order valence-corrected chi connectivity index (χ2v) is 10.0. The highest BCUT2D eigenvalue weighted by molar-refractivity contribution is 5.67. The minimum atomic E-state index is -5.40. The highest BCUT2D eigenvalue weighted by Gasteiger charge is 2.41. The first-order valence-corrected chi connectivity index (χ1v) is 13.4. The summed E-state index contributed by atoms with van der Waals surface area (Å²) in [5, 5.41) is 0. The molecule has 46 heavy (non-hydrogen) atoms. The van der Waals surface area contributed by atoms with E-state index < -0.39 is 92.1 Å². The van der Waals surface area contributed by atoms with Crippen molar-refractivity contribution in [3.8, 4) is 28.7 Å². The number of aryl methyl sites for hydroxylation is 1. The van der Waals surface area contributed by atoms with E-state index in [1.807, 2.05) is 6.92 Å². The summed E-state index contributed by atoms with van der Waals surface area (Å²) >= 11 is 0. The molecule has 0 N–H and O–H groups in total. The molecule has 0 unspecified atom stereocenters. The van der Waals surface area contributed by atoms with Gasteiger partial charge in [0.05, 0.1) is 11.1 Å². The lowest BCUT2D eigenvalue weighted by molar-refractivity contribution is -0.189. The van der Waals surface area contributed by atoms with Gasteiger partial charge >= 0.3 is 12.3 Å². The standard InChI is InChI=1S/C33H20F12O/c1-2-3-4-5-17-12-25(37)31(26(38)13-17)33(44,45)46-21-9-8-19(22(34)16-21)7-6-18-10-23(35)29(24(36)11-18)20-14-27(39)30(28(40)15-20)32(41,42)43/h8-16H,2-5H2,1H3. The van der Waals surface area contributed by atoms with Crippen molar-refractivity contribution in [3.63, 3.8) is 0 Å². The number of ether oxygens (including phenoxy) is 1. The van der Waals surface area contributed by atoms with Crippen LogP contribution in [0.4, 0.5) is 52.7 Å². The number of hydrogen-bond acceptors (Lipinski definition) is 1. The molecule has 242 valence electrons. The highest BCUT2D eigenvalue weighted by Crippen LogP contribution is 2.38. The van der Waals surface area contributed by atoms with E-state index in [0.29, 0.717) is 24.6 Å². The van der Waals surface area contributed by atoms with Gasteiger partial charge in [-0.25, -0.2) is 30.7 Å². The van der Waals surface area contributed by atoms with E-state index in [-0.39, 0.29) is 24.1 Å². The van der Waals surface area contributed by atoms with E-state index in [0.717, 1.165) is 37.1 Å². The van der Waals surface area contributed by atoms with E-state index in [4.69, 9.17) is 0 Å². The summed E-state index contributed by atoms with van der Waals surface area (Å²) in [5.41, 5.74) is -6.61. The van der Waals surface area contributed by atoms with Gasteiger partial charge in [0.1, 0.15) is 57.6 Å². The molecule has 4 aromatic rings. The van der Waals surface area contributed by atoms with Gasteiger partial charge in [0, 0.05) is 11.6 Å². The van der Waals surface area contributed by atoms with Crippen LogP contribution >= 0.6 is 0 Å². The zero-order valence-electron chi connectivity index (χ0n) is 23.5. The zero-order valence-corrected chi connectivity index (χ0v) is 23.5. The first-order chi connectivity index (χ1) is 21.5. The lowest BCUT2D eigenvalue weighted by atomic mass is 10.00. The van der Waals surface area contributed by atoms with Crippen LogP contribution in [0, 0.1) is 52.6 Å². The molecule has 0 radical (unpaired) electrons. The van der Waals surface area contributed by atoms with Crippen LogP contribution in [-0.2, 0) is 18.7 Å². The second kappa shape index (κ2) is 13.4. The van der Waals surface area contributed by atoms with Crippen LogP contribution in [0.3, 0.4) is 0 Å². The Balaban J connectivity index is 1.55. The summed E-state index contributed by atoms with van der Waals surface area (Å²) in [6, 6.07) is 4.94. The number of unbranched alkanes of at least 4 members (excludes halogenated alkanes) is 2. The van der Waals surface area contributed by atoms with Gasteiger partial charge in [0.2, 0.25) is 0 Å². The molecular weight excluding hydrogens is 640 g/mol. The predicted molar refractivity (Wildman–Crippen MR) is 143 cm³/mol. The Hall–Kier alpha value is -4.60. The minimum absolute atomic E-state index is 0.105. The number of hydrogen-bond donors (Lipinski definition) is 0. The first kappa shape index (κ1) is 34.3. The molecule has 4 aromatic carbocycles. The first-order valence-electron chi connectivity index (χ1n) is 13.4. The van der Waals surface area contributed by atoms with Gasteiger partial charge in [-0.05, 0) is 72.5 Å². The molecule has 0 aromatic heterocycles. The number of alkyl halides is 5. The largest absolute Gasteiger partial charge is 0.432 e. The van der Waals surface area contributed by atoms with Crippen molar-refractivity contribution in [3.05, 3.63) is 123 Å². The normalized spacial score (nSPS) is 11.8. The van der Waals surface area contributed by atoms with Crippen LogP contribution < -0.4 is 4.74 Å². The van der Waals surface area contributed by atoms with Gasteiger partial charge in [-0.15, -0.1) is 0 Å². The second-order valence-electron chi connectivity index (χ2n) is 10.0. The van der Waals surface area contributed by atoms with Crippen molar-refractivity contribution in [1.82, 2.24) is 0 Å². The molecule has 0 aliphatic carbocycles. The third-order valence-corrected chi connectivity index (χ3v) is 6.65. The number of halogens is 12. The van der Waals surface area contributed by atoms with Crippen molar-refractivity contribution < 1.29 is 57.4 Å². The molecule has 0 heterocycles. The quantitative estimate of drug-likeness (QED) is 0.104. The Morgan fingerprint density at radius 1 is 0.609 bits per heavy atom. The van der Waals surface area contributed by atoms with E-state index in [1.54, 1.807) is 0 Å². The number of benzene rings is 4. The van der Waals surface area contributed by atoms with Gasteiger partial charge in [0.25, 0.3) is 0 Å².